The highest BCUT2D eigenvalue weighted by Crippen LogP contribution is 2.37. The average Bonchev–Trinajstić information content (AvgIpc) is 3.02. The molecule has 1 heterocycles. The van der Waals surface area contributed by atoms with Gasteiger partial charge < -0.3 is 10.3 Å². The van der Waals surface area contributed by atoms with Crippen molar-refractivity contribution in [2.24, 2.45) is 5.73 Å². The van der Waals surface area contributed by atoms with E-state index < -0.39 is 15.6 Å². The molecule has 1 saturated carbocycles. The van der Waals surface area contributed by atoms with Gasteiger partial charge in [-0.05, 0) is 51.3 Å². The molecule has 3 rings (SSSR count). The number of hydrogen-bond donors (Lipinski definition) is 1. The van der Waals surface area contributed by atoms with E-state index in [2.05, 4.69) is 10.1 Å². The van der Waals surface area contributed by atoms with E-state index in [-0.39, 0.29) is 29.2 Å². The summed E-state index contributed by atoms with van der Waals surface area (Å²) >= 11 is 0. The Balaban J connectivity index is 0.00000225. The Morgan fingerprint density at radius 1 is 1.32 bits per heavy atom. The molecule has 0 unspecified atom stereocenters. The molecular formula is C16H23ClN4O3S. The number of nitrogens with two attached hydrogens (primary N) is 1. The van der Waals surface area contributed by atoms with E-state index >= 15 is 0 Å². The topological polar surface area (TPSA) is 102 Å². The summed E-state index contributed by atoms with van der Waals surface area (Å²) in [6.07, 6.45) is 2.72. The minimum absolute atomic E-state index is 0. The highest BCUT2D eigenvalue weighted by molar-refractivity contribution is 7.89. The fourth-order valence-corrected chi connectivity index (χ4v) is 3.97. The summed E-state index contributed by atoms with van der Waals surface area (Å²) in [7, 11) is -2.00. The lowest BCUT2D eigenvalue weighted by Gasteiger charge is -2.34. The minimum atomic E-state index is -3.57. The van der Waals surface area contributed by atoms with Gasteiger partial charge in [0.2, 0.25) is 10.0 Å². The van der Waals surface area contributed by atoms with Gasteiger partial charge >= 0.3 is 0 Å². The molecule has 138 valence electrons. The normalized spacial score (nSPS) is 16.6. The number of nitrogens with zero attached hydrogens (tertiary/aromatic N) is 3. The van der Waals surface area contributed by atoms with Crippen molar-refractivity contribution >= 4 is 22.4 Å². The molecule has 0 aliphatic heterocycles. The monoisotopic (exact) mass is 386 g/mol. The lowest BCUT2D eigenvalue weighted by Crippen LogP contribution is -2.44. The van der Waals surface area contributed by atoms with Crippen LogP contribution in [0.25, 0.3) is 11.5 Å². The molecule has 0 radical (unpaired) electrons. The first-order chi connectivity index (χ1) is 11.2. The van der Waals surface area contributed by atoms with Gasteiger partial charge in [0.15, 0.2) is 5.82 Å². The molecule has 7 nitrogen and oxygen atoms in total. The number of rotatable bonds is 5. The maximum Gasteiger partial charge on any atom is 0.258 e. The van der Waals surface area contributed by atoms with Crippen LogP contribution in [0.5, 0.6) is 0 Å². The van der Waals surface area contributed by atoms with Crippen LogP contribution < -0.4 is 5.73 Å². The van der Waals surface area contributed by atoms with Crippen LogP contribution in [-0.2, 0) is 15.6 Å². The summed E-state index contributed by atoms with van der Waals surface area (Å²) in [6.45, 7) is 3.65. The Morgan fingerprint density at radius 2 is 2.00 bits per heavy atom. The van der Waals surface area contributed by atoms with Crippen LogP contribution in [0.3, 0.4) is 0 Å². The molecule has 1 aliphatic rings. The second-order valence-electron chi connectivity index (χ2n) is 6.58. The van der Waals surface area contributed by atoms with Crippen molar-refractivity contribution < 1.29 is 12.9 Å². The standard InChI is InChI=1S/C16H22N4O3S.ClH/c1-11(2)20(3)24(21,22)13-7-4-6-12(10-13)14-18-15(19-23-14)16(17)8-5-9-16;/h4,6-7,10-11H,5,8-9,17H2,1-3H3;1H. The second-order valence-corrected chi connectivity index (χ2v) is 8.57. The van der Waals surface area contributed by atoms with Crippen molar-refractivity contribution in [3.05, 3.63) is 30.1 Å². The van der Waals surface area contributed by atoms with Crippen molar-refractivity contribution in [2.75, 3.05) is 7.05 Å². The Morgan fingerprint density at radius 3 is 2.56 bits per heavy atom. The van der Waals surface area contributed by atoms with Crippen molar-refractivity contribution in [1.82, 2.24) is 14.4 Å². The fourth-order valence-electron chi connectivity index (χ4n) is 2.56. The first kappa shape index (κ1) is 19.8. The maximum atomic E-state index is 12.6. The van der Waals surface area contributed by atoms with Gasteiger partial charge in [0.1, 0.15) is 0 Å². The van der Waals surface area contributed by atoms with E-state index in [0.29, 0.717) is 11.4 Å². The Labute approximate surface area is 154 Å². The molecule has 0 saturated heterocycles. The highest BCUT2D eigenvalue weighted by Gasteiger charge is 2.39. The molecule has 2 aromatic rings. The van der Waals surface area contributed by atoms with Gasteiger partial charge in [0.25, 0.3) is 5.89 Å². The Kier molecular flexibility index (Phi) is 5.58. The molecule has 0 bridgehead atoms. The smallest absolute Gasteiger partial charge is 0.258 e. The number of sulfonamides is 1. The quantitative estimate of drug-likeness (QED) is 0.846. The van der Waals surface area contributed by atoms with E-state index in [0.717, 1.165) is 19.3 Å². The summed E-state index contributed by atoms with van der Waals surface area (Å²) in [5.41, 5.74) is 6.25. The van der Waals surface area contributed by atoms with E-state index in [9.17, 15) is 8.42 Å². The van der Waals surface area contributed by atoms with Crippen molar-refractivity contribution in [3.8, 4) is 11.5 Å². The van der Waals surface area contributed by atoms with E-state index in [1.54, 1.807) is 31.3 Å². The van der Waals surface area contributed by atoms with Gasteiger partial charge in [0.05, 0.1) is 10.4 Å². The molecular weight excluding hydrogens is 364 g/mol. The van der Waals surface area contributed by atoms with E-state index in [4.69, 9.17) is 10.3 Å². The van der Waals surface area contributed by atoms with Gasteiger partial charge in [-0.1, -0.05) is 11.2 Å². The SMILES string of the molecule is CC(C)N(C)S(=O)(=O)c1cccc(-c2nc(C3(N)CCC3)no2)c1.Cl. The number of benzene rings is 1. The van der Waals surface area contributed by atoms with Crippen LogP contribution in [0, 0.1) is 0 Å². The summed E-state index contributed by atoms with van der Waals surface area (Å²) in [6, 6.07) is 6.39. The molecule has 1 fully saturated rings. The first-order valence-electron chi connectivity index (χ1n) is 7.95. The zero-order valence-corrected chi connectivity index (χ0v) is 16.1. The summed E-state index contributed by atoms with van der Waals surface area (Å²) in [4.78, 5) is 4.56. The summed E-state index contributed by atoms with van der Waals surface area (Å²) in [5.74, 6) is 0.766. The largest absolute Gasteiger partial charge is 0.334 e. The zero-order chi connectivity index (χ0) is 17.5. The molecule has 0 spiro atoms. The van der Waals surface area contributed by atoms with Gasteiger partial charge in [-0.2, -0.15) is 9.29 Å². The third kappa shape index (κ3) is 3.57. The van der Waals surface area contributed by atoms with E-state index in [1.807, 2.05) is 13.8 Å². The molecule has 25 heavy (non-hydrogen) atoms. The first-order valence-corrected chi connectivity index (χ1v) is 9.39. The van der Waals surface area contributed by atoms with Crippen molar-refractivity contribution in [2.45, 2.75) is 49.6 Å². The number of hydrogen-bond acceptors (Lipinski definition) is 6. The van der Waals surface area contributed by atoms with Gasteiger partial charge in [-0.15, -0.1) is 12.4 Å². The van der Waals surface area contributed by atoms with Crippen LogP contribution in [-0.4, -0.2) is 36.0 Å². The highest BCUT2D eigenvalue weighted by atomic mass is 35.5. The minimum Gasteiger partial charge on any atom is -0.334 e. The Hall–Kier alpha value is -1.48. The summed E-state index contributed by atoms with van der Waals surface area (Å²) in [5, 5.41) is 3.97. The zero-order valence-electron chi connectivity index (χ0n) is 14.5. The van der Waals surface area contributed by atoms with Gasteiger partial charge in [-0.25, -0.2) is 8.42 Å². The lowest BCUT2D eigenvalue weighted by molar-refractivity contribution is 0.229. The van der Waals surface area contributed by atoms with Crippen LogP contribution in [0.2, 0.25) is 0 Å². The molecule has 9 heteroatoms. The second kappa shape index (κ2) is 7.03. The predicted molar refractivity (Wildman–Crippen MR) is 96.8 cm³/mol. The Bertz CT molecular complexity index is 847. The van der Waals surface area contributed by atoms with Gasteiger partial charge in [0, 0.05) is 18.7 Å². The van der Waals surface area contributed by atoms with Crippen LogP contribution in [0.15, 0.2) is 33.7 Å². The molecule has 1 aromatic carbocycles. The number of halogens is 1. The van der Waals surface area contributed by atoms with Gasteiger partial charge in [-0.3, -0.25) is 0 Å². The van der Waals surface area contributed by atoms with Crippen molar-refractivity contribution in [1.29, 1.82) is 0 Å². The molecule has 1 aromatic heterocycles. The van der Waals surface area contributed by atoms with Crippen LogP contribution >= 0.6 is 12.4 Å². The summed E-state index contributed by atoms with van der Waals surface area (Å²) < 4.78 is 31.9. The van der Waals surface area contributed by atoms with E-state index in [1.165, 1.54) is 4.31 Å². The van der Waals surface area contributed by atoms with Crippen LogP contribution in [0.4, 0.5) is 0 Å². The molecule has 0 amide bonds. The fraction of sp³-hybridized carbons (Fsp3) is 0.500. The third-order valence-electron chi connectivity index (χ3n) is 4.60. The maximum absolute atomic E-state index is 12.6. The predicted octanol–water partition coefficient (Wildman–Crippen LogP) is 2.53. The average molecular weight is 387 g/mol. The molecule has 0 atom stereocenters. The molecule has 1 aliphatic carbocycles. The van der Waals surface area contributed by atoms with Crippen molar-refractivity contribution in [3.63, 3.8) is 0 Å². The third-order valence-corrected chi connectivity index (χ3v) is 6.63. The number of aromatic nitrogens is 2. The molecule has 2 N–H and O–H groups in total. The van der Waals surface area contributed by atoms with Crippen LogP contribution in [0.1, 0.15) is 38.9 Å². The lowest BCUT2D eigenvalue weighted by atomic mass is 9.77.